The SMILES string of the molecule is O=C(CNC(=O)c1ccc2c(c1)OCO2)NCc1cccc(Cn2ccnc2)c1. The maximum Gasteiger partial charge on any atom is 0.251 e. The Bertz CT molecular complexity index is 1020. The molecule has 0 saturated heterocycles. The highest BCUT2D eigenvalue weighted by molar-refractivity contribution is 5.97. The molecule has 8 heteroatoms. The molecule has 1 aliphatic heterocycles. The van der Waals surface area contributed by atoms with Crippen LogP contribution in [0.15, 0.2) is 61.2 Å². The molecule has 2 aromatic carbocycles. The normalized spacial score (nSPS) is 11.9. The molecule has 0 bridgehead atoms. The Labute approximate surface area is 167 Å². The fraction of sp³-hybridized carbons (Fsp3) is 0.190. The van der Waals surface area contributed by atoms with Crippen LogP contribution >= 0.6 is 0 Å². The first-order chi connectivity index (χ1) is 14.2. The van der Waals surface area contributed by atoms with Crippen molar-refractivity contribution >= 4 is 11.8 Å². The summed E-state index contributed by atoms with van der Waals surface area (Å²) in [5, 5.41) is 5.43. The van der Waals surface area contributed by atoms with E-state index in [-0.39, 0.29) is 25.2 Å². The number of nitrogens with zero attached hydrogens (tertiary/aromatic N) is 2. The summed E-state index contributed by atoms with van der Waals surface area (Å²) in [5.74, 6) is 0.520. The van der Waals surface area contributed by atoms with Gasteiger partial charge in [0, 0.05) is 31.0 Å². The van der Waals surface area contributed by atoms with Crippen molar-refractivity contribution in [1.29, 1.82) is 0 Å². The van der Waals surface area contributed by atoms with E-state index in [1.165, 1.54) is 0 Å². The Morgan fingerprint density at radius 3 is 2.76 bits per heavy atom. The van der Waals surface area contributed by atoms with E-state index in [1.54, 1.807) is 30.7 Å². The predicted molar refractivity (Wildman–Crippen MR) is 105 cm³/mol. The summed E-state index contributed by atoms with van der Waals surface area (Å²) in [6.07, 6.45) is 5.40. The Morgan fingerprint density at radius 2 is 1.90 bits per heavy atom. The minimum Gasteiger partial charge on any atom is -0.454 e. The number of hydrogen-bond donors (Lipinski definition) is 2. The zero-order valence-electron chi connectivity index (χ0n) is 15.6. The van der Waals surface area contributed by atoms with Crippen LogP contribution in [0.5, 0.6) is 11.5 Å². The first-order valence-corrected chi connectivity index (χ1v) is 9.15. The van der Waals surface area contributed by atoms with Crippen LogP contribution in [0.1, 0.15) is 21.5 Å². The van der Waals surface area contributed by atoms with Gasteiger partial charge in [-0.05, 0) is 29.3 Å². The molecule has 4 rings (SSSR count). The third kappa shape index (κ3) is 4.73. The highest BCUT2D eigenvalue weighted by atomic mass is 16.7. The topological polar surface area (TPSA) is 94.5 Å². The largest absolute Gasteiger partial charge is 0.454 e. The molecule has 0 atom stereocenters. The first kappa shape index (κ1) is 18.5. The Balaban J connectivity index is 1.25. The molecule has 8 nitrogen and oxygen atoms in total. The number of nitrogens with one attached hydrogen (secondary N) is 2. The van der Waals surface area contributed by atoms with Gasteiger partial charge in [0.2, 0.25) is 12.7 Å². The maximum atomic E-state index is 12.2. The maximum absolute atomic E-state index is 12.2. The number of carbonyl (C=O) groups excluding carboxylic acids is 2. The minimum atomic E-state index is -0.347. The molecule has 3 aromatic rings. The molecule has 2 heterocycles. The van der Waals surface area contributed by atoms with Gasteiger partial charge in [0.25, 0.3) is 5.91 Å². The molecule has 2 amide bonds. The van der Waals surface area contributed by atoms with Crippen molar-refractivity contribution in [3.63, 3.8) is 0 Å². The van der Waals surface area contributed by atoms with Gasteiger partial charge in [-0.3, -0.25) is 9.59 Å². The Hall–Kier alpha value is -3.81. The molecule has 0 unspecified atom stereocenters. The van der Waals surface area contributed by atoms with Gasteiger partial charge in [0.1, 0.15) is 0 Å². The van der Waals surface area contributed by atoms with E-state index in [0.29, 0.717) is 30.2 Å². The molecule has 29 heavy (non-hydrogen) atoms. The lowest BCUT2D eigenvalue weighted by Crippen LogP contribution is -2.36. The zero-order valence-corrected chi connectivity index (χ0v) is 15.6. The lowest BCUT2D eigenvalue weighted by atomic mass is 10.1. The molecule has 1 aromatic heterocycles. The van der Waals surface area contributed by atoms with Gasteiger partial charge in [-0.15, -0.1) is 0 Å². The summed E-state index contributed by atoms with van der Waals surface area (Å²) in [6.45, 7) is 1.14. The Morgan fingerprint density at radius 1 is 1.03 bits per heavy atom. The van der Waals surface area contributed by atoms with Gasteiger partial charge >= 0.3 is 0 Å². The van der Waals surface area contributed by atoms with E-state index in [0.717, 1.165) is 11.1 Å². The van der Waals surface area contributed by atoms with Crippen LogP contribution in [0.25, 0.3) is 0 Å². The minimum absolute atomic E-state index is 0.109. The number of carbonyl (C=O) groups is 2. The molecule has 0 radical (unpaired) electrons. The van der Waals surface area contributed by atoms with Gasteiger partial charge in [-0.1, -0.05) is 24.3 Å². The number of aromatic nitrogens is 2. The van der Waals surface area contributed by atoms with Crippen LogP contribution in [0.4, 0.5) is 0 Å². The number of ether oxygens (including phenoxy) is 2. The second-order valence-electron chi connectivity index (χ2n) is 6.58. The van der Waals surface area contributed by atoms with E-state index >= 15 is 0 Å². The van der Waals surface area contributed by atoms with Crippen LogP contribution in [-0.2, 0) is 17.9 Å². The summed E-state index contributed by atoms with van der Waals surface area (Å²) in [5.41, 5.74) is 2.51. The molecule has 0 fully saturated rings. The summed E-state index contributed by atoms with van der Waals surface area (Å²) >= 11 is 0. The third-order valence-corrected chi connectivity index (χ3v) is 4.45. The van der Waals surface area contributed by atoms with Crippen LogP contribution < -0.4 is 20.1 Å². The van der Waals surface area contributed by atoms with Gasteiger partial charge in [-0.2, -0.15) is 0 Å². The first-order valence-electron chi connectivity index (χ1n) is 9.15. The van der Waals surface area contributed by atoms with E-state index in [4.69, 9.17) is 9.47 Å². The van der Waals surface area contributed by atoms with Crippen LogP contribution in [0.3, 0.4) is 0 Å². The average molecular weight is 392 g/mol. The molecule has 0 spiro atoms. The van der Waals surface area contributed by atoms with Crippen molar-refractivity contribution in [2.45, 2.75) is 13.1 Å². The molecule has 2 N–H and O–H groups in total. The fourth-order valence-corrected chi connectivity index (χ4v) is 2.99. The molecular weight excluding hydrogens is 372 g/mol. The third-order valence-electron chi connectivity index (χ3n) is 4.45. The summed E-state index contributed by atoms with van der Waals surface area (Å²) < 4.78 is 12.5. The average Bonchev–Trinajstić information content (AvgIpc) is 3.42. The number of imidazole rings is 1. The van der Waals surface area contributed by atoms with Crippen LogP contribution in [-0.4, -0.2) is 34.7 Å². The van der Waals surface area contributed by atoms with E-state index in [2.05, 4.69) is 15.6 Å². The number of amides is 2. The summed E-state index contributed by atoms with van der Waals surface area (Å²) in [4.78, 5) is 28.4. The van der Waals surface area contributed by atoms with E-state index in [1.807, 2.05) is 35.0 Å². The van der Waals surface area contributed by atoms with Crippen molar-refractivity contribution in [2.75, 3.05) is 13.3 Å². The van der Waals surface area contributed by atoms with E-state index < -0.39 is 0 Å². The van der Waals surface area contributed by atoms with Crippen LogP contribution in [0, 0.1) is 0 Å². The summed E-state index contributed by atoms with van der Waals surface area (Å²) in [7, 11) is 0. The Kier molecular flexibility index (Phi) is 5.42. The van der Waals surface area contributed by atoms with Crippen LogP contribution in [0.2, 0.25) is 0 Å². The van der Waals surface area contributed by atoms with Crippen molar-refractivity contribution in [3.05, 3.63) is 77.9 Å². The van der Waals surface area contributed by atoms with Gasteiger partial charge in [0.15, 0.2) is 11.5 Å². The van der Waals surface area contributed by atoms with Crippen molar-refractivity contribution in [3.8, 4) is 11.5 Å². The highest BCUT2D eigenvalue weighted by Gasteiger charge is 2.16. The van der Waals surface area contributed by atoms with Crippen molar-refractivity contribution < 1.29 is 19.1 Å². The zero-order chi connectivity index (χ0) is 20.1. The van der Waals surface area contributed by atoms with E-state index in [9.17, 15) is 9.59 Å². The summed E-state index contributed by atoms with van der Waals surface area (Å²) in [6, 6.07) is 12.9. The lowest BCUT2D eigenvalue weighted by Gasteiger charge is -2.09. The van der Waals surface area contributed by atoms with Gasteiger partial charge in [-0.25, -0.2) is 4.98 Å². The monoisotopic (exact) mass is 392 g/mol. The number of rotatable bonds is 7. The molecule has 148 valence electrons. The molecular formula is C21H20N4O4. The fourth-order valence-electron chi connectivity index (χ4n) is 2.99. The number of hydrogen-bond acceptors (Lipinski definition) is 5. The van der Waals surface area contributed by atoms with Crippen molar-refractivity contribution in [1.82, 2.24) is 20.2 Å². The molecule has 0 aliphatic carbocycles. The second kappa shape index (κ2) is 8.47. The second-order valence-corrected chi connectivity index (χ2v) is 6.58. The lowest BCUT2D eigenvalue weighted by molar-refractivity contribution is -0.120. The highest BCUT2D eigenvalue weighted by Crippen LogP contribution is 2.32. The van der Waals surface area contributed by atoms with Gasteiger partial charge < -0.3 is 24.7 Å². The van der Waals surface area contributed by atoms with Crippen molar-refractivity contribution in [2.24, 2.45) is 0 Å². The molecule has 0 saturated carbocycles. The smallest absolute Gasteiger partial charge is 0.251 e. The predicted octanol–water partition coefficient (Wildman–Crippen LogP) is 1.71. The molecule has 1 aliphatic rings. The standard InChI is InChI=1S/C21H20N4O4/c26-20(11-24-21(27)17-4-5-18-19(9-17)29-14-28-18)23-10-15-2-1-3-16(8-15)12-25-7-6-22-13-25/h1-9,13H,10-12,14H2,(H,23,26)(H,24,27). The quantitative estimate of drug-likeness (QED) is 0.638. The number of fused-ring (bicyclic) bond motifs is 1. The van der Waals surface area contributed by atoms with Gasteiger partial charge in [0.05, 0.1) is 12.9 Å². The number of benzene rings is 2.